The fourth-order valence-electron chi connectivity index (χ4n) is 1.80. The number of β-amino-alcohol motifs (C(OH)–C–C–N with tert-alkyl or cyclic N) is 1. The molecule has 0 amide bonds. The van der Waals surface area contributed by atoms with Crippen molar-refractivity contribution in [2.24, 2.45) is 5.92 Å². The molecular weight excluding hydrogens is 150 g/mol. The van der Waals surface area contributed by atoms with Crippen LogP contribution in [0.2, 0.25) is 0 Å². The van der Waals surface area contributed by atoms with Crippen molar-refractivity contribution in [3.63, 3.8) is 0 Å². The van der Waals surface area contributed by atoms with Crippen molar-refractivity contribution < 1.29 is 5.11 Å². The first-order valence-corrected chi connectivity index (χ1v) is 5.01. The number of aliphatic hydroxyl groups excluding tert-OH is 1. The largest absolute Gasteiger partial charge is 0.392 e. The van der Waals surface area contributed by atoms with E-state index in [9.17, 15) is 5.11 Å². The molecule has 0 radical (unpaired) electrons. The van der Waals surface area contributed by atoms with Crippen LogP contribution in [0.15, 0.2) is 0 Å². The fourth-order valence-corrected chi connectivity index (χ4v) is 1.80. The van der Waals surface area contributed by atoms with Crippen molar-refractivity contribution in [2.45, 2.75) is 45.8 Å². The maximum Gasteiger partial charge on any atom is 0.0682 e. The van der Waals surface area contributed by atoms with E-state index in [1.54, 1.807) is 0 Å². The Bertz CT molecular complexity index is 136. The van der Waals surface area contributed by atoms with E-state index < -0.39 is 0 Å². The van der Waals surface area contributed by atoms with E-state index in [2.05, 4.69) is 25.7 Å². The SMILES string of the molecule is CC(C)CCN1C[C@H](O)C[C@H]1C. The summed E-state index contributed by atoms with van der Waals surface area (Å²) in [4.78, 5) is 2.39. The highest BCUT2D eigenvalue weighted by Crippen LogP contribution is 2.18. The maximum absolute atomic E-state index is 9.39. The van der Waals surface area contributed by atoms with Gasteiger partial charge in [0.25, 0.3) is 0 Å². The van der Waals surface area contributed by atoms with E-state index in [1.165, 1.54) is 6.42 Å². The molecule has 72 valence electrons. The molecule has 0 unspecified atom stereocenters. The lowest BCUT2D eigenvalue weighted by Crippen LogP contribution is -2.29. The molecule has 1 rings (SSSR count). The highest BCUT2D eigenvalue weighted by molar-refractivity contribution is 4.81. The van der Waals surface area contributed by atoms with E-state index in [4.69, 9.17) is 0 Å². The minimum absolute atomic E-state index is 0.0767. The summed E-state index contributed by atoms with van der Waals surface area (Å²) in [5.41, 5.74) is 0. The van der Waals surface area contributed by atoms with Crippen LogP contribution in [0, 0.1) is 5.92 Å². The Morgan fingerprint density at radius 1 is 1.50 bits per heavy atom. The number of hydrogen-bond acceptors (Lipinski definition) is 2. The van der Waals surface area contributed by atoms with Crippen LogP contribution in [-0.2, 0) is 0 Å². The van der Waals surface area contributed by atoms with Gasteiger partial charge in [0, 0.05) is 12.6 Å². The Labute approximate surface area is 75.6 Å². The van der Waals surface area contributed by atoms with Gasteiger partial charge >= 0.3 is 0 Å². The van der Waals surface area contributed by atoms with Gasteiger partial charge in [-0.3, -0.25) is 4.90 Å². The summed E-state index contributed by atoms with van der Waals surface area (Å²) in [6.07, 6.45) is 2.13. The normalized spacial score (nSPS) is 31.8. The number of aliphatic hydroxyl groups is 1. The van der Waals surface area contributed by atoms with Crippen molar-refractivity contribution in [1.82, 2.24) is 4.90 Å². The molecule has 0 aromatic carbocycles. The van der Waals surface area contributed by atoms with Crippen molar-refractivity contribution in [3.05, 3.63) is 0 Å². The molecule has 1 aliphatic rings. The minimum Gasteiger partial charge on any atom is -0.392 e. The Hall–Kier alpha value is -0.0800. The zero-order chi connectivity index (χ0) is 9.14. The van der Waals surface area contributed by atoms with Crippen molar-refractivity contribution in [1.29, 1.82) is 0 Å². The van der Waals surface area contributed by atoms with Crippen LogP contribution in [0.5, 0.6) is 0 Å². The Balaban J connectivity index is 2.23. The van der Waals surface area contributed by atoms with Gasteiger partial charge in [-0.25, -0.2) is 0 Å². The van der Waals surface area contributed by atoms with Crippen LogP contribution in [0.1, 0.15) is 33.6 Å². The molecule has 0 aromatic heterocycles. The lowest BCUT2D eigenvalue weighted by Gasteiger charge is -2.21. The second-order valence-corrected chi connectivity index (χ2v) is 4.42. The first-order chi connectivity index (χ1) is 5.59. The first-order valence-electron chi connectivity index (χ1n) is 5.01. The Morgan fingerprint density at radius 2 is 2.17 bits per heavy atom. The summed E-state index contributed by atoms with van der Waals surface area (Å²) < 4.78 is 0. The van der Waals surface area contributed by atoms with E-state index >= 15 is 0 Å². The standard InChI is InChI=1S/C10H21NO/c1-8(2)4-5-11-7-10(12)6-9(11)3/h8-10,12H,4-7H2,1-3H3/t9-,10-/m1/s1. The van der Waals surface area contributed by atoms with Gasteiger partial charge in [0.15, 0.2) is 0 Å². The third-order valence-electron chi connectivity index (χ3n) is 2.68. The molecule has 0 bridgehead atoms. The van der Waals surface area contributed by atoms with Gasteiger partial charge in [-0.05, 0) is 32.2 Å². The van der Waals surface area contributed by atoms with Crippen molar-refractivity contribution >= 4 is 0 Å². The summed E-state index contributed by atoms with van der Waals surface area (Å²) in [6, 6.07) is 0.582. The van der Waals surface area contributed by atoms with Gasteiger partial charge in [0.2, 0.25) is 0 Å². The van der Waals surface area contributed by atoms with Crippen molar-refractivity contribution in [2.75, 3.05) is 13.1 Å². The third kappa shape index (κ3) is 2.76. The smallest absolute Gasteiger partial charge is 0.0682 e. The van der Waals surface area contributed by atoms with Gasteiger partial charge in [-0.2, -0.15) is 0 Å². The monoisotopic (exact) mass is 171 g/mol. The summed E-state index contributed by atoms with van der Waals surface area (Å²) in [5, 5.41) is 9.39. The molecule has 2 atom stereocenters. The first kappa shape index (κ1) is 10.0. The molecule has 0 spiro atoms. The van der Waals surface area contributed by atoms with Crippen LogP contribution in [0.25, 0.3) is 0 Å². The average molecular weight is 171 g/mol. The molecule has 1 N–H and O–H groups in total. The van der Waals surface area contributed by atoms with Crippen molar-refractivity contribution in [3.8, 4) is 0 Å². The predicted molar refractivity (Wildman–Crippen MR) is 51.1 cm³/mol. The summed E-state index contributed by atoms with van der Waals surface area (Å²) in [7, 11) is 0. The summed E-state index contributed by atoms with van der Waals surface area (Å²) >= 11 is 0. The highest BCUT2D eigenvalue weighted by Gasteiger charge is 2.26. The molecule has 1 heterocycles. The number of hydrogen-bond donors (Lipinski definition) is 1. The average Bonchev–Trinajstić information content (AvgIpc) is 2.26. The second kappa shape index (κ2) is 4.24. The molecule has 0 aliphatic carbocycles. The lowest BCUT2D eigenvalue weighted by atomic mass is 10.1. The van der Waals surface area contributed by atoms with E-state index in [1.807, 2.05) is 0 Å². The number of rotatable bonds is 3. The van der Waals surface area contributed by atoms with Gasteiger partial charge in [0.1, 0.15) is 0 Å². The molecular formula is C10H21NO. The molecule has 1 saturated heterocycles. The quantitative estimate of drug-likeness (QED) is 0.695. The topological polar surface area (TPSA) is 23.5 Å². The Morgan fingerprint density at radius 3 is 2.58 bits per heavy atom. The number of nitrogens with zero attached hydrogens (tertiary/aromatic N) is 1. The molecule has 12 heavy (non-hydrogen) atoms. The molecule has 2 nitrogen and oxygen atoms in total. The van der Waals surface area contributed by atoms with Gasteiger partial charge in [-0.1, -0.05) is 13.8 Å². The maximum atomic E-state index is 9.39. The highest BCUT2D eigenvalue weighted by atomic mass is 16.3. The van der Waals surface area contributed by atoms with Crippen LogP contribution < -0.4 is 0 Å². The van der Waals surface area contributed by atoms with Gasteiger partial charge in [-0.15, -0.1) is 0 Å². The molecule has 0 saturated carbocycles. The summed E-state index contributed by atoms with van der Waals surface area (Å²) in [6.45, 7) is 8.73. The molecule has 1 fully saturated rings. The summed E-state index contributed by atoms with van der Waals surface area (Å²) in [5.74, 6) is 0.773. The molecule has 2 heteroatoms. The fraction of sp³-hybridized carbons (Fsp3) is 1.00. The minimum atomic E-state index is -0.0767. The zero-order valence-corrected chi connectivity index (χ0v) is 8.45. The Kier molecular flexibility index (Phi) is 3.53. The van der Waals surface area contributed by atoms with E-state index in [0.717, 1.165) is 25.4 Å². The van der Waals surface area contributed by atoms with E-state index in [-0.39, 0.29) is 6.10 Å². The van der Waals surface area contributed by atoms with E-state index in [0.29, 0.717) is 6.04 Å². The zero-order valence-electron chi connectivity index (χ0n) is 8.45. The molecule has 1 aliphatic heterocycles. The van der Waals surface area contributed by atoms with Gasteiger partial charge < -0.3 is 5.11 Å². The van der Waals surface area contributed by atoms with Crippen LogP contribution in [-0.4, -0.2) is 35.2 Å². The lowest BCUT2D eigenvalue weighted by molar-refractivity contribution is 0.173. The third-order valence-corrected chi connectivity index (χ3v) is 2.68. The van der Waals surface area contributed by atoms with Crippen LogP contribution in [0.4, 0.5) is 0 Å². The van der Waals surface area contributed by atoms with Crippen LogP contribution in [0.3, 0.4) is 0 Å². The van der Waals surface area contributed by atoms with Gasteiger partial charge in [0.05, 0.1) is 6.10 Å². The molecule has 0 aromatic rings. The number of likely N-dealkylation sites (tertiary alicyclic amines) is 1. The van der Waals surface area contributed by atoms with Crippen LogP contribution >= 0.6 is 0 Å². The predicted octanol–water partition coefficient (Wildman–Crippen LogP) is 1.49. The second-order valence-electron chi connectivity index (χ2n) is 4.42.